The highest BCUT2D eigenvalue weighted by Gasteiger charge is 2.38. The number of anilines is 1. The molecule has 0 bridgehead atoms. The van der Waals surface area contributed by atoms with E-state index in [1.807, 2.05) is 0 Å². The van der Waals surface area contributed by atoms with Crippen molar-refractivity contribution in [3.8, 4) is 0 Å². The zero-order valence-electron chi connectivity index (χ0n) is 14.4. The van der Waals surface area contributed by atoms with Crippen LogP contribution in [0.1, 0.15) is 57.8 Å². The van der Waals surface area contributed by atoms with Crippen molar-refractivity contribution >= 4 is 17.2 Å². The van der Waals surface area contributed by atoms with Gasteiger partial charge in [-0.15, -0.1) is 0 Å². The molecule has 23 heavy (non-hydrogen) atoms. The Balaban J connectivity index is 2.29. The van der Waals surface area contributed by atoms with E-state index in [1.54, 1.807) is 12.1 Å². The number of nitrogens with zero attached hydrogens (tertiary/aromatic N) is 1. The molecule has 1 aliphatic heterocycles. The second-order valence-corrected chi connectivity index (χ2v) is 7.69. The fourth-order valence-corrected chi connectivity index (χ4v) is 3.67. The predicted octanol–water partition coefficient (Wildman–Crippen LogP) is 3.52. The van der Waals surface area contributed by atoms with Crippen molar-refractivity contribution in [1.29, 1.82) is 0 Å². The van der Waals surface area contributed by atoms with Gasteiger partial charge in [0, 0.05) is 28.7 Å². The first-order valence-corrected chi connectivity index (χ1v) is 7.84. The number of rotatable bonds is 4. The maximum atomic E-state index is 11.4. The molecule has 1 aliphatic rings. The monoisotopic (exact) mass is 319 g/mol. The maximum absolute atomic E-state index is 11.4. The van der Waals surface area contributed by atoms with Crippen LogP contribution in [0.25, 0.3) is 0 Å². The third-order valence-corrected chi connectivity index (χ3v) is 4.15. The summed E-state index contributed by atoms with van der Waals surface area (Å²) >= 11 is 0. The molecule has 1 heterocycles. The van der Waals surface area contributed by atoms with Crippen LogP contribution in [0.5, 0.6) is 0 Å². The molecule has 1 fully saturated rings. The summed E-state index contributed by atoms with van der Waals surface area (Å²) in [6.07, 6.45) is 1.73. The predicted molar refractivity (Wildman–Crippen MR) is 91.0 cm³/mol. The van der Waals surface area contributed by atoms with Gasteiger partial charge >= 0.3 is 0 Å². The molecule has 1 saturated heterocycles. The molecule has 0 spiro atoms. The van der Waals surface area contributed by atoms with Gasteiger partial charge in [0.15, 0.2) is 5.78 Å². The van der Waals surface area contributed by atoms with Gasteiger partial charge in [0.2, 0.25) is 0 Å². The highest BCUT2D eigenvalue weighted by atomic mass is 16.6. The average Bonchev–Trinajstić information content (AvgIpc) is 2.34. The molecule has 0 atom stereocenters. The number of nitro groups is 1. The van der Waals surface area contributed by atoms with E-state index in [9.17, 15) is 14.9 Å². The number of nitro benzene ring substituents is 1. The van der Waals surface area contributed by atoms with E-state index >= 15 is 0 Å². The minimum Gasteiger partial charge on any atom is -0.377 e. The van der Waals surface area contributed by atoms with E-state index in [0.29, 0.717) is 11.3 Å². The summed E-state index contributed by atoms with van der Waals surface area (Å²) in [6, 6.07) is 4.75. The van der Waals surface area contributed by atoms with Crippen molar-refractivity contribution in [2.45, 2.75) is 64.6 Å². The molecule has 1 aromatic rings. The minimum absolute atomic E-state index is 0.0481. The number of ketones is 1. The molecule has 6 heteroatoms. The average molecular weight is 319 g/mol. The van der Waals surface area contributed by atoms with Gasteiger partial charge in [-0.05, 0) is 59.6 Å². The van der Waals surface area contributed by atoms with Crippen LogP contribution >= 0.6 is 0 Å². The largest absolute Gasteiger partial charge is 0.377 e. The summed E-state index contributed by atoms with van der Waals surface area (Å²) in [5, 5.41) is 18.2. The van der Waals surface area contributed by atoms with Crippen LogP contribution in [0, 0.1) is 10.1 Å². The molecule has 2 N–H and O–H groups in total. The molecular weight excluding hydrogens is 294 g/mol. The third kappa shape index (κ3) is 4.28. The Morgan fingerprint density at radius 1 is 1.26 bits per heavy atom. The quantitative estimate of drug-likeness (QED) is 0.504. The van der Waals surface area contributed by atoms with Gasteiger partial charge in [-0.1, -0.05) is 0 Å². The summed E-state index contributed by atoms with van der Waals surface area (Å²) < 4.78 is 0. The standard InChI is InChI=1S/C17H25N3O3/c1-11(21)12-6-7-14(15(8-12)20(22)23)18-13-9-16(2,3)19-17(4,5)10-13/h6-8,13,18-19H,9-10H2,1-5H3. The van der Waals surface area contributed by atoms with Crippen LogP contribution in [0.15, 0.2) is 18.2 Å². The van der Waals surface area contributed by atoms with Crippen molar-refractivity contribution in [1.82, 2.24) is 5.32 Å². The first-order valence-electron chi connectivity index (χ1n) is 7.84. The molecule has 0 saturated carbocycles. The van der Waals surface area contributed by atoms with E-state index in [1.165, 1.54) is 13.0 Å². The lowest BCUT2D eigenvalue weighted by atomic mass is 9.79. The Morgan fingerprint density at radius 2 is 1.83 bits per heavy atom. The summed E-state index contributed by atoms with van der Waals surface area (Å²) in [5.74, 6) is -0.177. The summed E-state index contributed by atoms with van der Waals surface area (Å²) in [4.78, 5) is 22.3. The molecule has 0 radical (unpaired) electrons. The second-order valence-electron chi connectivity index (χ2n) is 7.69. The smallest absolute Gasteiger partial charge is 0.293 e. The Morgan fingerprint density at radius 3 is 2.30 bits per heavy atom. The highest BCUT2D eigenvalue weighted by Crippen LogP contribution is 2.33. The van der Waals surface area contributed by atoms with Crippen molar-refractivity contribution in [2.75, 3.05) is 5.32 Å². The van der Waals surface area contributed by atoms with Gasteiger partial charge in [0.25, 0.3) is 5.69 Å². The molecular formula is C17H25N3O3. The van der Waals surface area contributed by atoms with E-state index < -0.39 is 4.92 Å². The van der Waals surface area contributed by atoms with Gasteiger partial charge < -0.3 is 10.6 Å². The molecule has 126 valence electrons. The van der Waals surface area contributed by atoms with Gasteiger partial charge in [-0.25, -0.2) is 0 Å². The van der Waals surface area contributed by atoms with Crippen LogP contribution in [0.2, 0.25) is 0 Å². The van der Waals surface area contributed by atoms with Gasteiger partial charge in [-0.3, -0.25) is 14.9 Å². The highest BCUT2D eigenvalue weighted by molar-refractivity contribution is 5.95. The maximum Gasteiger partial charge on any atom is 0.293 e. The van der Waals surface area contributed by atoms with Crippen LogP contribution in [-0.4, -0.2) is 27.8 Å². The summed E-state index contributed by atoms with van der Waals surface area (Å²) in [7, 11) is 0. The minimum atomic E-state index is -0.438. The Labute approximate surface area is 136 Å². The fraction of sp³-hybridized carbons (Fsp3) is 0.588. The molecule has 2 rings (SSSR count). The van der Waals surface area contributed by atoms with Gasteiger partial charge in [0.05, 0.1) is 4.92 Å². The van der Waals surface area contributed by atoms with Crippen molar-refractivity contribution < 1.29 is 9.72 Å². The molecule has 6 nitrogen and oxygen atoms in total. The lowest BCUT2D eigenvalue weighted by Crippen LogP contribution is -2.60. The molecule has 0 aromatic heterocycles. The topological polar surface area (TPSA) is 84.3 Å². The van der Waals surface area contributed by atoms with Crippen LogP contribution < -0.4 is 10.6 Å². The molecule has 0 amide bonds. The zero-order chi connectivity index (χ0) is 17.4. The first kappa shape index (κ1) is 17.4. The second kappa shape index (κ2) is 5.92. The SMILES string of the molecule is CC(=O)c1ccc(NC2CC(C)(C)NC(C)(C)C2)c([N+](=O)[O-])c1. The van der Waals surface area contributed by atoms with Crippen LogP contribution in [-0.2, 0) is 0 Å². The number of piperidine rings is 1. The normalized spacial score (nSPS) is 20.0. The number of benzene rings is 1. The number of nitrogens with one attached hydrogen (secondary N) is 2. The number of hydrogen-bond donors (Lipinski definition) is 2. The van der Waals surface area contributed by atoms with E-state index in [0.717, 1.165) is 12.8 Å². The van der Waals surface area contributed by atoms with Crippen molar-refractivity contribution in [2.24, 2.45) is 0 Å². The lowest BCUT2D eigenvalue weighted by molar-refractivity contribution is -0.384. The van der Waals surface area contributed by atoms with Gasteiger partial charge in [-0.2, -0.15) is 0 Å². The van der Waals surface area contributed by atoms with Crippen molar-refractivity contribution in [3.05, 3.63) is 33.9 Å². The van der Waals surface area contributed by atoms with Crippen LogP contribution in [0.4, 0.5) is 11.4 Å². The zero-order valence-corrected chi connectivity index (χ0v) is 14.4. The summed E-state index contributed by atoms with van der Waals surface area (Å²) in [5.41, 5.74) is 0.680. The molecule has 0 unspecified atom stereocenters. The van der Waals surface area contributed by atoms with E-state index in [4.69, 9.17) is 0 Å². The Kier molecular flexibility index (Phi) is 4.48. The number of carbonyl (C=O) groups is 1. The van der Waals surface area contributed by atoms with E-state index in [2.05, 4.69) is 38.3 Å². The van der Waals surface area contributed by atoms with Crippen LogP contribution in [0.3, 0.4) is 0 Å². The lowest BCUT2D eigenvalue weighted by Gasteiger charge is -2.46. The van der Waals surface area contributed by atoms with E-state index in [-0.39, 0.29) is 28.6 Å². The molecule has 0 aliphatic carbocycles. The number of hydrogen-bond acceptors (Lipinski definition) is 5. The third-order valence-electron chi connectivity index (χ3n) is 4.15. The summed E-state index contributed by atoms with van der Waals surface area (Å²) in [6.45, 7) is 9.95. The fourth-order valence-electron chi connectivity index (χ4n) is 3.67. The molecule has 1 aromatic carbocycles. The van der Waals surface area contributed by atoms with Crippen molar-refractivity contribution in [3.63, 3.8) is 0 Å². The number of carbonyl (C=O) groups excluding carboxylic acids is 1. The Bertz CT molecular complexity index is 622. The Hall–Kier alpha value is -1.95. The first-order chi connectivity index (χ1) is 10.5. The number of Topliss-reactive ketones (excluding diaryl/α,β-unsaturated/α-hetero) is 1. The van der Waals surface area contributed by atoms with Gasteiger partial charge in [0.1, 0.15) is 5.69 Å².